The summed E-state index contributed by atoms with van der Waals surface area (Å²) in [5, 5.41) is 14.3. The van der Waals surface area contributed by atoms with Crippen LogP contribution < -0.4 is 11.0 Å². The number of rotatable bonds is 9. The summed E-state index contributed by atoms with van der Waals surface area (Å²) in [6, 6.07) is 38.2. The molecule has 5 aromatic carbocycles. The lowest BCUT2D eigenvalue weighted by molar-refractivity contribution is -0.144. The molecule has 8 heteroatoms. The summed E-state index contributed by atoms with van der Waals surface area (Å²) in [4.78, 5) is 26.2. The molecule has 0 amide bonds. The van der Waals surface area contributed by atoms with Gasteiger partial charge >= 0.3 is 11.7 Å². The van der Waals surface area contributed by atoms with Crippen LogP contribution in [0.5, 0.6) is 0 Å². The van der Waals surface area contributed by atoms with E-state index in [0.29, 0.717) is 11.3 Å². The van der Waals surface area contributed by atoms with Crippen LogP contribution in [-0.2, 0) is 23.8 Å². The third-order valence-electron chi connectivity index (χ3n) is 8.42. The molecule has 2 N–H and O–H groups in total. The van der Waals surface area contributed by atoms with E-state index in [4.69, 9.17) is 0 Å². The summed E-state index contributed by atoms with van der Waals surface area (Å²) in [7, 11) is 1.50. The fraction of sp³-hybridized carbons (Fsp3) is 0.135. The van der Waals surface area contributed by atoms with Crippen molar-refractivity contribution in [2.45, 2.75) is 24.4 Å². The number of nitrogens with zero attached hydrogens (tertiary/aromatic N) is 2. The topological polar surface area (TPSA) is 76.3 Å². The van der Waals surface area contributed by atoms with Crippen molar-refractivity contribution in [3.05, 3.63) is 172 Å². The maximum Gasteiger partial charge on any atom is 0.333 e. The van der Waals surface area contributed by atoms with Crippen LogP contribution in [0, 0.1) is 11.6 Å². The molecule has 0 bridgehead atoms. The molecule has 0 aliphatic heterocycles. The van der Waals surface area contributed by atoms with Crippen LogP contribution in [0.15, 0.2) is 132 Å². The normalized spacial score (nSPS) is 13.1. The van der Waals surface area contributed by atoms with Gasteiger partial charge in [-0.1, -0.05) is 103 Å². The van der Waals surface area contributed by atoms with E-state index in [9.17, 15) is 23.5 Å². The highest BCUT2D eigenvalue weighted by molar-refractivity contribution is 5.80. The van der Waals surface area contributed by atoms with Gasteiger partial charge in [-0.15, -0.1) is 0 Å². The van der Waals surface area contributed by atoms with Crippen molar-refractivity contribution in [3.8, 4) is 5.69 Å². The number of aliphatic carboxylic acids is 1. The number of halogens is 2. The first-order valence-electron chi connectivity index (χ1n) is 14.5. The monoisotopic (exact) mass is 603 g/mol. The van der Waals surface area contributed by atoms with Gasteiger partial charge in [0.15, 0.2) is 11.6 Å². The van der Waals surface area contributed by atoms with Crippen LogP contribution in [0.1, 0.15) is 29.2 Å². The molecule has 1 heterocycles. The van der Waals surface area contributed by atoms with Gasteiger partial charge in [-0.05, 0) is 53.4 Å². The second kappa shape index (κ2) is 11.6. The molecular weight excluding hydrogens is 572 g/mol. The van der Waals surface area contributed by atoms with Gasteiger partial charge in [0.25, 0.3) is 0 Å². The number of hydrogen-bond donors (Lipinski definition) is 2. The molecule has 0 aliphatic carbocycles. The van der Waals surface area contributed by atoms with Gasteiger partial charge in [-0.2, -0.15) is 0 Å². The maximum atomic E-state index is 14.9. The van der Waals surface area contributed by atoms with E-state index in [0.717, 1.165) is 27.3 Å². The van der Waals surface area contributed by atoms with E-state index in [1.54, 1.807) is 31.2 Å². The second-order valence-electron chi connectivity index (χ2n) is 11.4. The molecule has 1 unspecified atom stereocenters. The highest BCUT2D eigenvalue weighted by Gasteiger charge is 2.45. The number of imidazole rings is 1. The van der Waals surface area contributed by atoms with Crippen LogP contribution in [0.2, 0.25) is 0 Å². The summed E-state index contributed by atoms with van der Waals surface area (Å²) in [5.74, 6) is -3.22. The molecule has 6 nitrogen and oxygen atoms in total. The van der Waals surface area contributed by atoms with Gasteiger partial charge < -0.3 is 5.11 Å². The maximum absolute atomic E-state index is 14.9. The number of benzene rings is 5. The Balaban J connectivity index is 1.44. The first-order valence-corrected chi connectivity index (χ1v) is 14.5. The zero-order valence-corrected chi connectivity index (χ0v) is 24.7. The Hall–Kier alpha value is -5.34. The molecular formula is C37H31F2N3O3. The number of nitrogens with one attached hydrogen (secondary N) is 1. The predicted molar refractivity (Wildman–Crippen MR) is 171 cm³/mol. The quantitative estimate of drug-likeness (QED) is 0.183. The smallest absolute Gasteiger partial charge is 0.333 e. The first kappa shape index (κ1) is 29.7. The highest BCUT2D eigenvalue weighted by Crippen LogP contribution is 2.39. The molecule has 0 aliphatic rings. The highest BCUT2D eigenvalue weighted by atomic mass is 19.2. The Morgan fingerprint density at radius 3 is 1.71 bits per heavy atom. The number of aryl methyl sites for hydroxylation is 1. The van der Waals surface area contributed by atoms with Crippen molar-refractivity contribution >= 4 is 17.0 Å². The van der Waals surface area contributed by atoms with Crippen molar-refractivity contribution in [2.24, 2.45) is 7.05 Å². The fourth-order valence-electron chi connectivity index (χ4n) is 6.14. The molecule has 0 spiro atoms. The minimum Gasteiger partial charge on any atom is -0.480 e. The van der Waals surface area contributed by atoms with Crippen LogP contribution in [0.4, 0.5) is 8.78 Å². The molecule has 1 atom stereocenters. The molecule has 1 aromatic heterocycles. The molecule has 0 saturated heterocycles. The number of aromatic nitrogens is 2. The number of carboxylic acid groups (broad SMARTS) is 1. The van der Waals surface area contributed by atoms with E-state index in [2.05, 4.69) is 5.32 Å². The molecule has 0 radical (unpaired) electrons. The second-order valence-corrected chi connectivity index (χ2v) is 11.4. The summed E-state index contributed by atoms with van der Waals surface area (Å²) >= 11 is 0. The van der Waals surface area contributed by atoms with E-state index in [1.165, 1.54) is 17.7 Å². The number of carboxylic acids is 1. The van der Waals surface area contributed by atoms with Gasteiger partial charge in [0.05, 0.1) is 16.7 Å². The number of carbonyl (C=O) groups is 1. The third kappa shape index (κ3) is 5.13. The van der Waals surface area contributed by atoms with Gasteiger partial charge in [-0.3, -0.25) is 19.2 Å². The molecule has 226 valence electrons. The van der Waals surface area contributed by atoms with Gasteiger partial charge in [0.1, 0.15) is 11.1 Å². The molecule has 45 heavy (non-hydrogen) atoms. The molecule has 6 aromatic rings. The summed E-state index contributed by atoms with van der Waals surface area (Å²) < 4.78 is 31.4. The van der Waals surface area contributed by atoms with Crippen LogP contribution in [0.25, 0.3) is 16.7 Å². The molecule has 6 rings (SSSR count). The standard InChI is InChI=1S/C37H31F2N3O3/c1-36(34(43)44,24-25-18-20-29(21-19-25)42-33-31(41(2)35(42)45)23-22-30(38)32(33)39)40-37(26-12-6-3-7-13-26,27-14-8-4-9-15-27)28-16-10-5-11-17-28/h3-23,40H,24H2,1-2H3,(H,43,44). The van der Waals surface area contributed by atoms with Crippen molar-refractivity contribution < 1.29 is 18.7 Å². The summed E-state index contributed by atoms with van der Waals surface area (Å²) in [6.07, 6.45) is 0.0737. The van der Waals surface area contributed by atoms with Crippen molar-refractivity contribution in [3.63, 3.8) is 0 Å². The van der Waals surface area contributed by atoms with Crippen LogP contribution in [-0.4, -0.2) is 25.7 Å². The zero-order chi connectivity index (χ0) is 31.8. The Kier molecular flexibility index (Phi) is 7.68. The van der Waals surface area contributed by atoms with E-state index in [1.807, 2.05) is 91.0 Å². The summed E-state index contributed by atoms with van der Waals surface area (Å²) in [5.41, 5.74) is 0.645. The first-order chi connectivity index (χ1) is 21.7. The number of hydrogen-bond acceptors (Lipinski definition) is 3. The van der Waals surface area contributed by atoms with E-state index >= 15 is 0 Å². The minimum atomic E-state index is -1.49. The lowest BCUT2D eigenvalue weighted by Gasteiger charge is -2.43. The van der Waals surface area contributed by atoms with Crippen molar-refractivity contribution in [1.29, 1.82) is 0 Å². The predicted octanol–water partition coefficient (Wildman–Crippen LogP) is 6.57. The Labute approximate surface area is 258 Å². The minimum absolute atomic E-state index is 0.0737. The van der Waals surface area contributed by atoms with Crippen LogP contribution in [0.3, 0.4) is 0 Å². The van der Waals surface area contributed by atoms with Crippen molar-refractivity contribution in [2.75, 3.05) is 0 Å². The van der Waals surface area contributed by atoms with Crippen LogP contribution >= 0.6 is 0 Å². The fourth-order valence-corrected chi connectivity index (χ4v) is 6.14. The van der Waals surface area contributed by atoms with Gasteiger partial charge in [-0.25, -0.2) is 13.6 Å². The Bertz CT molecular complexity index is 1940. The molecule has 0 fully saturated rings. The van der Waals surface area contributed by atoms with Gasteiger partial charge in [0, 0.05) is 13.5 Å². The lowest BCUT2D eigenvalue weighted by atomic mass is 9.74. The van der Waals surface area contributed by atoms with Crippen molar-refractivity contribution in [1.82, 2.24) is 14.5 Å². The Morgan fingerprint density at radius 2 is 1.24 bits per heavy atom. The number of fused-ring (bicyclic) bond motifs is 1. The lowest BCUT2D eigenvalue weighted by Crippen LogP contribution is -2.61. The molecule has 0 saturated carbocycles. The largest absolute Gasteiger partial charge is 0.480 e. The summed E-state index contributed by atoms with van der Waals surface area (Å²) in [6.45, 7) is 1.65. The average Bonchev–Trinajstić information content (AvgIpc) is 3.32. The zero-order valence-electron chi connectivity index (χ0n) is 24.7. The third-order valence-corrected chi connectivity index (χ3v) is 8.42. The average molecular weight is 604 g/mol. The SMILES string of the molecule is Cn1c(=O)n(-c2ccc(CC(C)(NC(c3ccccc3)(c3ccccc3)c3ccccc3)C(=O)O)cc2)c2c(F)c(F)ccc21. The van der Waals surface area contributed by atoms with Gasteiger partial charge in [0.2, 0.25) is 0 Å². The van der Waals surface area contributed by atoms with E-state index in [-0.39, 0.29) is 17.5 Å². The van der Waals surface area contributed by atoms with E-state index < -0.39 is 34.4 Å². The Morgan fingerprint density at radius 1 is 0.756 bits per heavy atom.